The molecule has 0 N–H and O–H groups in total. The first kappa shape index (κ1) is 25.3. The lowest BCUT2D eigenvalue weighted by atomic mass is 10.0. The van der Waals surface area contributed by atoms with Crippen molar-refractivity contribution in [1.29, 1.82) is 0 Å². The molecule has 0 saturated carbocycles. The monoisotopic (exact) mass is 568 g/mol. The van der Waals surface area contributed by atoms with Gasteiger partial charge in [0.1, 0.15) is 0 Å². The molecule has 8 aromatic rings. The number of para-hydroxylation sites is 3. The van der Waals surface area contributed by atoms with E-state index in [1.54, 1.807) is 0 Å². The molecule has 2 nitrogen and oxygen atoms in total. The maximum atomic E-state index is 2.38. The molecule has 0 atom stereocenters. The Morgan fingerprint density at radius 3 is 1.60 bits per heavy atom. The maximum Gasteiger partial charge on any atom is 0.0655 e. The zero-order valence-electron chi connectivity index (χ0n) is 23.5. The molecule has 0 amide bonds. The van der Waals surface area contributed by atoms with Gasteiger partial charge in [0.25, 0.3) is 0 Å². The van der Waals surface area contributed by atoms with Crippen molar-refractivity contribution in [2.24, 2.45) is 0 Å². The summed E-state index contributed by atoms with van der Waals surface area (Å²) in [6.45, 7) is 0. The third-order valence-electron chi connectivity index (χ3n) is 8.01. The molecule has 0 bridgehead atoms. The van der Waals surface area contributed by atoms with Crippen LogP contribution in [0.1, 0.15) is 0 Å². The van der Waals surface area contributed by atoms with Crippen LogP contribution in [0.3, 0.4) is 0 Å². The van der Waals surface area contributed by atoms with Gasteiger partial charge >= 0.3 is 0 Å². The number of anilines is 3. The van der Waals surface area contributed by atoms with Crippen molar-refractivity contribution >= 4 is 49.5 Å². The number of hydrogen-bond donors (Lipinski definition) is 0. The Hall–Kier alpha value is -5.38. The van der Waals surface area contributed by atoms with Gasteiger partial charge in [-0.1, -0.05) is 109 Å². The normalized spacial score (nSPS) is 11.3. The number of nitrogens with zero attached hydrogens (tertiary/aromatic N) is 2. The van der Waals surface area contributed by atoms with Crippen LogP contribution in [-0.2, 0) is 0 Å². The quantitative estimate of drug-likeness (QED) is 0.194. The number of fused-ring (bicyclic) bond motifs is 3. The summed E-state index contributed by atoms with van der Waals surface area (Å²) in [6, 6.07) is 60.6. The van der Waals surface area contributed by atoms with Crippen LogP contribution in [0.25, 0.3) is 48.4 Å². The van der Waals surface area contributed by atoms with Gasteiger partial charge in [0, 0.05) is 33.0 Å². The highest BCUT2D eigenvalue weighted by atomic mass is 32.1. The lowest BCUT2D eigenvalue weighted by Crippen LogP contribution is -2.09. The van der Waals surface area contributed by atoms with Crippen molar-refractivity contribution < 1.29 is 0 Å². The van der Waals surface area contributed by atoms with Gasteiger partial charge in [-0.05, 0) is 77.4 Å². The van der Waals surface area contributed by atoms with Crippen molar-refractivity contribution in [3.8, 4) is 27.3 Å². The van der Waals surface area contributed by atoms with E-state index in [-0.39, 0.29) is 0 Å². The molecule has 6 aromatic carbocycles. The Labute approximate surface area is 255 Å². The van der Waals surface area contributed by atoms with Crippen molar-refractivity contribution in [1.82, 2.24) is 4.57 Å². The van der Waals surface area contributed by atoms with Crippen LogP contribution < -0.4 is 4.90 Å². The van der Waals surface area contributed by atoms with Gasteiger partial charge in [0.2, 0.25) is 0 Å². The van der Waals surface area contributed by atoms with Crippen LogP contribution in [0.15, 0.2) is 170 Å². The van der Waals surface area contributed by atoms with Crippen molar-refractivity contribution in [2.45, 2.75) is 0 Å². The highest BCUT2D eigenvalue weighted by Crippen LogP contribution is 2.42. The standard InChI is InChI=1S/C40H28N2S/c1-4-12-29(13-5-1)30-20-24-34(25-21-30)41(32-14-6-2-7-15-32)35-26-22-31(23-27-35)39-28-38-40(43-39)36-18-10-11-19-37(36)42(38)33-16-8-3-9-17-33/h1-28H. The average Bonchev–Trinajstić information content (AvgIpc) is 3.65. The maximum absolute atomic E-state index is 2.38. The molecule has 0 fully saturated rings. The Balaban J connectivity index is 1.18. The third kappa shape index (κ3) is 4.61. The minimum atomic E-state index is 1.13. The average molecular weight is 569 g/mol. The SMILES string of the molecule is c1ccc(-c2ccc(N(c3ccccc3)c3ccc(-c4cc5c(s4)c4ccccc4n5-c4ccccc4)cc3)cc2)cc1. The molecule has 0 aliphatic carbocycles. The van der Waals surface area contributed by atoms with Gasteiger partial charge in [-0.2, -0.15) is 0 Å². The Bertz CT molecular complexity index is 2140. The zero-order valence-corrected chi connectivity index (χ0v) is 24.3. The van der Waals surface area contributed by atoms with Crippen LogP contribution >= 0.6 is 11.3 Å². The van der Waals surface area contributed by atoms with Crippen LogP contribution in [0.5, 0.6) is 0 Å². The van der Waals surface area contributed by atoms with Crippen molar-refractivity contribution in [3.63, 3.8) is 0 Å². The third-order valence-corrected chi connectivity index (χ3v) is 9.22. The van der Waals surface area contributed by atoms with E-state index in [0.717, 1.165) is 17.1 Å². The number of hydrogen-bond acceptors (Lipinski definition) is 2. The van der Waals surface area contributed by atoms with Gasteiger partial charge in [-0.15, -0.1) is 11.3 Å². The molecule has 43 heavy (non-hydrogen) atoms. The molecular weight excluding hydrogens is 541 g/mol. The van der Waals surface area contributed by atoms with E-state index < -0.39 is 0 Å². The molecule has 0 spiro atoms. The molecule has 0 unspecified atom stereocenters. The topological polar surface area (TPSA) is 8.17 Å². The van der Waals surface area contributed by atoms with E-state index in [4.69, 9.17) is 0 Å². The van der Waals surface area contributed by atoms with E-state index in [9.17, 15) is 0 Å². The number of benzene rings is 6. The van der Waals surface area contributed by atoms with Gasteiger partial charge in [-0.25, -0.2) is 0 Å². The summed E-state index contributed by atoms with van der Waals surface area (Å²) in [7, 11) is 0. The first-order valence-electron chi connectivity index (χ1n) is 14.5. The van der Waals surface area contributed by atoms with E-state index >= 15 is 0 Å². The van der Waals surface area contributed by atoms with Gasteiger partial charge < -0.3 is 9.47 Å². The van der Waals surface area contributed by atoms with Crippen molar-refractivity contribution in [3.05, 3.63) is 170 Å². The molecule has 2 heterocycles. The summed E-state index contributed by atoms with van der Waals surface area (Å²) in [5, 5.41) is 1.29. The highest BCUT2D eigenvalue weighted by Gasteiger charge is 2.17. The lowest BCUT2D eigenvalue weighted by molar-refractivity contribution is 1.18. The van der Waals surface area contributed by atoms with Crippen LogP contribution in [0.4, 0.5) is 17.1 Å². The van der Waals surface area contributed by atoms with Gasteiger partial charge in [-0.3, -0.25) is 0 Å². The predicted octanol–water partition coefficient (Wildman–Crippen LogP) is 11.6. The fourth-order valence-electron chi connectivity index (χ4n) is 5.96. The number of rotatable bonds is 6. The summed E-state index contributed by atoms with van der Waals surface area (Å²) >= 11 is 1.87. The Kier molecular flexibility index (Phi) is 6.36. The van der Waals surface area contributed by atoms with Crippen LogP contribution in [0, 0.1) is 0 Å². The van der Waals surface area contributed by atoms with Gasteiger partial charge in [0.05, 0.1) is 15.7 Å². The molecular formula is C40H28N2S. The second-order valence-electron chi connectivity index (χ2n) is 10.6. The lowest BCUT2D eigenvalue weighted by Gasteiger charge is -2.25. The molecule has 8 rings (SSSR count). The van der Waals surface area contributed by atoms with Crippen LogP contribution in [0.2, 0.25) is 0 Å². The smallest absolute Gasteiger partial charge is 0.0655 e. The summed E-state index contributed by atoms with van der Waals surface area (Å²) in [4.78, 5) is 3.59. The molecule has 2 aromatic heterocycles. The highest BCUT2D eigenvalue weighted by molar-refractivity contribution is 7.23. The second-order valence-corrected chi connectivity index (χ2v) is 11.7. The first-order chi connectivity index (χ1) is 21.3. The molecule has 0 aliphatic heterocycles. The predicted molar refractivity (Wildman–Crippen MR) is 184 cm³/mol. The summed E-state index contributed by atoms with van der Waals surface area (Å²) in [5.41, 5.74) is 10.7. The molecule has 0 aliphatic rings. The summed E-state index contributed by atoms with van der Waals surface area (Å²) < 4.78 is 3.71. The molecule has 0 radical (unpaired) electrons. The first-order valence-corrected chi connectivity index (χ1v) is 15.3. The fraction of sp³-hybridized carbons (Fsp3) is 0. The Morgan fingerprint density at radius 2 is 0.930 bits per heavy atom. The van der Waals surface area contributed by atoms with E-state index in [1.807, 2.05) is 11.3 Å². The fourth-order valence-corrected chi connectivity index (χ4v) is 7.14. The largest absolute Gasteiger partial charge is 0.311 e. The molecule has 3 heteroatoms. The van der Waals surface area contributed by atoms with E-state index in [2.05, 4.69) is 179 Å². The van der Waals surface area contributed by atoms with E-state index in [0.29, 0.717) is 0 Å². The summed E-state index contributed by atoms with van der Waals surface area (Å²) in [6.07, 6.45) is 0. The molecule has 0 saturated heterocycles. The molecule has 204 valence electrons. The van der Waals surface area contributed by atoms with E-state index in [1.165, 1.54) is 48.4 Å². The Morgan fingerprint density at radius 1 is 0.419 bits per heavy atom. The minimum absolute atomic E-state index is 1.13. The summed E-state index contributed by atoms with van der Waals surface area (Å²) in [5.74, 6) is 0. The second kappa shape index (κ2) is 10.8. The minimum Gasteiger partial charge on any atom is -0.311 e. The number of aromatic nitrogens is 1. The van der Waals surface area contributed by atoms with Crippen LogP contribution in [-0.4, -0.2) is 4.57 Å². The number of thiophene rings is 1. The van der Waals surface area contributed by atoms with Gasteiger partial charge in [0.15, 0.2) is 0 Å². The zero-order chi connectivity index (χ0) is 28.6. The van der Waals surface area contributed by atoms with Crippen molar-refractivity contribution in [2.75, 3.05) is 4.90 Å².